The van der Waals surface area contributed by atoms with Gasteiger partial charge in [-0.05, 0) is 63.1 Å². The molecule has 3 unspecified atom stereocenters. The molecule has 0 bridgehead atoms. The number of methoxy groups -OCH3 is 1. The van der Waals surface area contributed by atoms with Gasteiger partial charge in [0.25, 0.3) is 0 Å². The average molecular weight is 399 g/mol. The molecule has 2 amide bonds. The molecule has 0 radical (unpaired) electrons. The molecular formula is C24H34N2O3. The third kappa shape index (κ3) is 3.76. The fraction of sp³-hybridized carbons (Fsp3) is 0.667. The molecule has 158 valence electrons. The Labute approximate surface area is 174 Å². The molecule has 1 N–H and O–H groups in total. The van der Waals surface area contributed by atoms with Crippen molar-refractivity contribution in [2.45, 2.75) is 70.4 Å². The maximum absolute atomic E-state index is 13.1. The summed E-state index contributed by atoms with van der Waals surface area (Å²) in [6.45, 7) is 6.62. The van der Waals surface area contributed by atoms with E-state index in [-0.39, 0.29) is 29.3 Å². The number of likely N-dealkylation sites (tertiary alicyclic amines) is 1. The van der Waals surface area contributed by atoms with E-state index in [1.54, 1.807) is 7.11 Å². The lowest BCUT2D eigenvalue weighted by molar-refractivity contribution is -0.132. The summed E-state index contributed by atoms with van der Waals surface area (Å²) in [7, 11) is 1.68. The SMILES string of the molecule is COc1ccc([C@H]2C3CCCCC3[C@@H]2NC(=O)C2CC(=O)N(C(C)(C)C)C2)cc1. The highest BCUT2D eigenvalue weighted by Crippen LogP contribution is 2.54. The fourth-order valence-corrected chi connectivity index (χ4v) is 5.76. The molecule has 3 aliphatic rings. The average Bonchev–Trinajstić information content (AvgIpc) is 3.09. The van der Waals surface area contributed by atoms with E-state index in [1.165, 1.54) is 31.2 Å². The predicted octanol–water partition coefficient (Wildman–Crippen LogP) is 3.73. The summed E-state index contributed by atoms with van der Waals surface area (Å²) < 4.78 is 5.31. The maximum atomic E-state index is 13.1. The van der Waals surface area contributed by atoms with E-state index in [9.17, 15) is 9.59 Å². The van der Waals surface area contributed by atoms with Crippen molar-refractivity contribution in [3.8, 4) is 5.75 Å². The van der Waals surface area contributed by atoms with E-state index >= 15 is 0 Å². The van der Waals surface area contributed by atoms with Crippen LogP contribution in [-0.4, -0.2) is 41.9 Å². The normalized spacial score (nSPS) is 31.8. The number of nitrogens with zero attached hydrogens (tertiary/aromatic N) is 1. The standard InChI is InChI=1S/C24H34N2O3/c1-24(2,3)26-14-16(13-20(26)27)23(28)25-22-19-8-6-5-7-18(19)21(22)15-9-11-17(29-4)12-10-15/h9-12,16,18-19,21-22H,5-8,13-14H2,1-4H3,(H,25,28)/t16?,18?,19?,21-,22-/m0/s1. The number of carbonyl (C=O) groups excluding carboxylic acids is 2. The molecule has 1 aromatic carbocycles. The minimum absolute atomic E-state index is 0.0534. The second kappa shape index (κ2) is 7.66. The van der Waals surface area contributed by atoms with Crippen LogP contribution in [0.15, 0.2) is 24.3 Å². The highest BCUT2D eigenvalue weighted by atomic mass is 16.5. The van der Waals surface area contributed by atoms with Crippen molar-refractivity contribution in [2.75, 3.05) is 13.7 Å². The first kappa shape index (κ1) is 20.2. The van der Waals surface area contributed by atoms with Gasteiger partial charge in [-0.15, -0.1) is 0 Å². The van der Waals surface area contributed by atoms with Crippen molar-refractivity contribution in [1.29, 1.82) is 0 Å². The zero-order valence-electron chi connectivity index (χ0n) is 18.1. The summed E-state index contributed by atoms with van der Waals surface area (Å²) in [5.41, 5.74) is 1.06. The molecule has 5 nitrogen and oxygen atoms in total. The van der Waals surface area contributed by atoms with E-state index in [0.29, 0.717) is 30.7 Å². The van der Waals surface area contributed by atoms with Crippen molar-refractivity contribution in [1.82, 2.24) is 10.2 Å². The first-order valence-corrected chi connectivity index (χ1v) is 11.0. The summed E-state index contributed by atoms with van der Waals surface area (Å²) in [6, 6.07) is 8.50. The van der Waals surface area contributed by atoms with Gasteiger partial charge in [0.15, 0.2) is 0 Å². The third-order valence-corrected chi connectivity index (χ3v) is 7.30. The van der Waals surface area contributed by atoms with Gasteiger partial charge in [-0.3, -0.25) is 9.59 Å². The fourth-order valence-electron chi connectivity index (χ4n) is 5.76. The number of rotatable bonds is 4. The second-order valence-electron chi connectivity index (χ2n) is 10.0. The van der Waals surface area contributed by atoms with Gasteiger partial charge in [-0.25, -0.2) is 0 Å². The maximum Gasteiger partial charge on any atom is 0.225 e. The van der Waals surface area contributed by atoms with Crippen LogP contribution in [0.4, 0.5) is 0 Å². The Morgan fingerprint density at radius 3 is 2.34 bits per heavy atom. The summed E-state index contributed by atoms with van der Waals surface area (Å²) >= 11 is 0. The lowest BCUT2D eigenvalue weighted by Crippen LogP contribution is -2.60. The first-order valence-electron chi connectivity index (χ1n) is 11.0. The molecule has 29 heavy (non-hydrogen) atoms. The van der Waals surface area contributed by atoms with E-state index < -0.39 is 0 Å². The summed E-state index contributed by atoms with van der Waals surface area (Å²) in [6.07, 6.45) is 5.30. The number of ether oxygens (including phenoxy) is 1. The minimum Gasteiger partial charge on any atom is -0.497 e. The molecule has 0 aromatic heterocycles. The van der Waals surface area contributed by atoms with Gasteiger partial charge in [-0.1, -0.05) is 25.0 Å². The van der Waals surface area contributed by atoms with Crippen molar-refractivity contribution in [2.24, 2.45) is 17.8 Å². The number of nitrogens with one attached hydrogen (secondary N) is 1. The van der Waals surface area contributed by atoms with Crippen LogP contribution in [0.3, 0.4) is 0 Å². The van der Waals surface area contributed by atoms with Gasteiger partial charge >= 0.3 is 0 Å². The molecule has 2 aliphatic carbocycles. The number of carbonyl (C=O) groups is 2. The molecule has 5 atom stereocenters. The number of amides is 2. The lowest BCUT2D eigenvalue weighted by atomic mass is 9.53. The zero-order valence-corrected chi connectivity index (χ0v) is 18.1. The van der Waals surface area contributed by atoms with Crippen LogP contribution < -0.4 is 10.1 Å². The monoisotopic (exact) mass is 398 g/mol. The first-order chi connectivity index (χ1) is 13.8. The number of fused-ring (bicyclic) bond motifs is 1. The molecule has 1 aromatic rings. The molecule has 1 aliphatic heterocycles. The highest BCUT2D eigenvalue weighted by molar-refractivity contribution is 5.89. The highest BCUT2D eigenvalue weighted by Gasteiger charge is 2.52. The Bertz CT molecular complexity index is 767. The molecule has 1 saturated heterocycles. The molecule has 2 saturated carbocycles. The van der Waals surface area contributed by atoms with Crippen LogP contribution in [0.5, 0.6) is 5.75 Å². The minimum atomic E-state index is -0.235. The van der Waals surface area contributed by atoms with Gasteiger partial charge in [0.1, 0.15) is 5.75 Å². The summed E-state index contributed by atoms with van der Waals surface area (Å²) in [5, 5.41) is 3.38. The molecule has 4 rings (SSSR count). The van der Waals surface area contributed by atoms with Crippen molar-refractivity contribution >= 4 is 11.8 Å². The van der Waals surface area contributed by atoms with Crippen molar-refractivity contribution in [3.63, 3.8) is 0 Å². The Morgan fingerprint density at radius 2 is 1.76 bits per heavy atom. The molecule has 0 spiro atoms. The van der Waals surface area contributed by atoms with Crippen LogP contribution in [0, 0.1) is 17.8 Å². The number of hydrogen-bond acceptors (Lipinski definition) is 3. The van der Waals surface area contributed by atoms with Crippen LogP contribution in [0.25, 0.3) is 0 Å². The van der Waals surface area contributed by atoms with Gasteiger partial charge in [0.05, 0.1) is 13.0 Å². The van der Waals surface area contributed by atoms with Gasteiger partial charge in [0.2, 0.25) is 11.8 Å². The second-order valence-corrected chi connectivity index (χ2v) is 10.0. The Kier molecular flexibility index (Phi) is 5.34. The lowest BCUT2D eigenvalue weighted by Gasteiger charge is -2.55. The van der Waals surface area contributed by atoms with Crippen LogP contribution in [0.1, 0.15) is 64.4 Å². The third-order valence-electron chi connectivity index (χ3n) is 7.30. The summed E-state index contributed by atoms with van der Waals surface area (Å²) in [4.78, 5) is 27.4. The quantitative estimate of drug-likeness (QED) is 0.841. The molecule has 1 heterocycles. The van der Waals surface area contributed by atoms with Gasteiger partial charge in [0, 0.05) is 30.5 Å². The topological polar surface area (TPSA) is 58.6 Å². The Morgan fingerprint density at radius 1 is 1.10 bits per heavy atom. The van der Waals surface area contributed by atoms with Crippen molar-refractivity contribution in [3.05, 3.63) is 29.8 Å². The molecular weight excluding hydrogens is 364 g/mol. The van der Waals surface area contributed by atoms with Crippen LogP contribution in [0.2, 0.25) is 0 Å². The van der Waals surface area contributed by atoms with E-state index in [1.807, 2.05) is 37.8 Å². The van der Waals surface area contributed by atoms with Gasteiger partial charge < -0.3 is 15.0 Å². The summed E-state index contributed by atoms with van der Waals surface area (Å²) in [5.74, 6) is 2.35. The largest absolute Gasteiger partial charge is 0.497 e. The Hall–Kier alpha value is -2.04. The molecule has 5 heteroatoms. The Balaban J connectivity index is 1.48. The number of hydrogen-bond donors (Lipinski definition) is 1. The van der Waals surface area contributed by atoms with E-state index in [2.05, 4.69) is 17.4 Å². The van der Waals surface area contributed by atoms with E-state index in [0.717, 1.165) is 5.75 Å². The number of benzene rings is 1. The van der Waals surface area contributed by atoms with Crippen molar-refractivity contribution < 1.29 is 14.3 Å². The predicted molar refractivity (Wildman–Crippen MR) is 113 cm³/mol. The molecule has 3 fully saturated rings. The zero-order chi connectivity index (χ0) is 20.8. The van der Waals surface area contributed by atoms with Gasteiger partial charge in [-0.2, -0.15) is 0 Å². The smallest absolute Gasteiger partial charge is 0.225 e. The van der Waals surface area contributed by atoms with Crippen LogP contribution >= 0.6 is 0 Å². The van der Waals surface area contributed by atoms with Crippen LogP contribution in [-0.2, 0) is 9.59 Å². The van der Waals surface area contributed by atoms with E-state index in [4.69, 9.17) is 4.74 Å².